The van der Waals surface area contributed by atoms with Crippen molar-refractivity contribution in [2.45, 2.75) is 43.4 Å². The van der Waals surface area contributed by atoms with Gasteiger partial charge < -0.3 is 4.74 Å². The van der Waals surface area contributed by atoms with E-state index in [1.54, 1.807) is 0 Å². The maximum absolute atomic E-state index is 13.5. The van der Waals surface area contributed by atoms with Crippen LogP contribution in [0.5, 0.6) is 0 Å². The van der Waals surface area contributed by atoms with E-state index in [4.69, 9.17) is 9.29 Å². The molecule has 0 heterocycles. The molecular formula is C18H21FO5S. The van der Waals surface area contributed by atoms with Crippen LogP contribution in [0.25, 0.3) is 0 Å². The zero-order chi connectivity index (χ0) is 17.8. The van der Waals surface area contributed by atoms with Gasteiger partial charge in [0.25, 0.3) is 10.1 Å². The SMILES string of the molecule is O=C(OCC12CC3CC(CC(C3)C1)C2)c1ccc(F)c(S(=O)(=O)O)c1. The minimum absolute atomic E-state index is 0.0519. The van der Waals surface area contributed by atoms with Crippen LogP contribution in [0.15, 0.2) is 23.1 Å². The Morgan fingerprint density at radius 3 is 2.24 bits per heavy atom. The standard InChI is InChI=1S/C18H21FO5S/c19-15-2-1-14(6-16(15)25(21,22)23)17(20)24-10-18-7-11-3-12(8-18)5-13(4-11)9-18/h1-2,6,11-13H,3-5,7-10H2,(H,21,22,23). The number of hydrogen-bond acceptors (Lipinski definition) is 4. The van der Waals surface area contributed by atoms with Crippen molar-refractivity contribution >= 4 is 16.1 Å². The predicted octanol–water partition coefficient (Wildman–Crippen LogP) is 3.45. The summed E-state index contributed by atoms with van der Waals surface area (Å²) < 4.78 is 50.4. The number of carbonyl (C=O) groups excluding carboxylic acids is 1. The highest BCUT2D eigenvalue weighted by Crippen LogP contribution is 2.60. The van der Waals surface area contributed by atoms with Gasteiger partial charge >= 0.3 is 5.97 Å². The third kappa shape index (κ3) is 3.19. The molecule has 0 aromatic heterocycles. The summed E-state index contributed by atoms with van der Waals surface area (Å²) in [6, 6.07) is 2.85. The van der Waals surface area contributed by atoms with E-state index in [0.29, 0.717) is 6.61 Å². The number of esters is 1. The zero-order valence-electron chi connectivity index (χ0n) is 13.8. The lowest BCUT2D eigenvalue weighted by molar-refractivity contribution is -0.0848. The molecule has 25 heavy (non-hydrogen) atoms. The molecule has 4 bridgehead atoms. The Bertz CT molecular complexity index is 781. The van der Waals surface area contributed by atoms with E-state index in [2.05, 4.69) is 0 Å². The van der Waals surface area contributed by atoms with Crippen LogP contribution in [0.3, 0.4) is 0 Å². The van der Waals surface area contributed by atoms with Crippen LogP contribution in [0.2, 0.25) is 0 Å². The molecule has 4 fully saturated rings. The van der Waals surface area contributed by atoms with Crippen molar-refractivity contribution < 1.29 is 26.9 Å². The van der Waals surface area contributed by atoms with Crippen LogP contribution in [0.4, 0.5) is 4.39 Å². The fourth-order valence-electron chi connectivity index (χ4n) is 5.60. The van der Waals surface area contributed by atoms with Gasteiger partial charge in [-0.2, -0.15) is 8.42 Å². The zero-order valence-corrected chi connectivity index (χ0v) is 14.6. The van der Waals surface area contributed by atoms with Gasteiger partial charge in [0.15, 0.2) is 0 Å². The van der Waals surface area contributed by atoms with Gasteiger partial charge in [0, 0.05) is 5.41 Å². The Balaban J connectivity index is 1.48. The summed E-state index contributed by atoms with van der Waals surface area (Å²) >= 11 is 0. The summed E-state index contributed by atoms with van der Waals surface area (Å²) in [6.45, 7) is 0.327. The van der Waals surface area contributed by atoms with E-state index in [1.165, 1.54) is 25.3 Å². The molecule has 1 aromatic rings. The largest absolute Gasteiger partial charge is 0.462 e. The van der Waals surface area contributed by atoms with Gasteiger partial charge in [0.2, 0.25) is 0 Å². The number of ether oxygens (including phenoxy) is 1. The highest BCUT2D eigenvalue weighted by Gasteiger charge is 2.51. The molecule has 4 aliphatic rings. The van der Waals surface area contributed by atoms with Gasteiger partial charge in [-0.3, -0.25) is 4.55 Å². The Hall–Kier alpha value is -1.47. The monoisotopic (exact) mass is 368 g/mol. The normalized spacial score (nSPS) is 33.4. The third-order valence-corrected chi connectivity index (χ3v) is 6.99. The van der Waals surface area contributed by atoms with Crippen molar-refractivity contribution in [2.75, 3.05) is 6.61 Å². The second-order valence-corrected chi connectivity index (χ2v) is 9.50. The van der Waals surface area contributed by atoms with E-state index in [1.807, 2.05) is 0 Å². The maximum atomic E-state index is 13.5. The first-order chi connectivity index (χ1) is 11.7. The number of rotatable bonds is 4. The van der Waals surface area contributed by atoms with Crippen LogP contribution < -0.4 is 0 Å². The quantitative estimate of drug-likeness (QED) is 0.650. The molecule has 5 rings (SSSR count). The van der Waals surface area contributed by atoms with Crippen molar-refractivity contribution in [2.24, 2.45) is 23.2 Å². The van der Waals surface area contributed by atoms with Gasteiger partial charge in [-0.15, -0.1) is 0 Å². The van der Waals surface area contributed by atoms with Gasteiger partial charge in [-0.25, -0.2) is 9.18 Å². The first-order valence-electron chi connectivity index (χ1n) is 8.68. The lowest BCUT2D eigenvalue weighted by atomic mass is 9.50. The molecule has 0 spiro atoms. The van der Waals surface area contributed by atoms with Gasteiger partial charge in [0.05, 0.1) is 12.2 Å². The fourth-order valence-corrected chi connectivity index (χ4v) is 6.19. The summed E-state index contributed by atoms with van der Waals surface area (Å²) in [5.41, 5.74) is -0.0187. The number of hydrogen-bond donors (Lipinski definition) is 1. The van der Waals surface area contributed by atoms with Crippen LogP contribution in [0.1, 0.15) is 48.9 Å². The lowest BCUT2D eigenvalue weighted by Gasteiger charge is -2.56. The first kappa shape index (κ1) is 17.0. The Kier molecular flexibility index (Phi) is 3.92. The van der Waals surface area contributed by atoms with Crippen molar-refractivity contribution in [3.63, 3.8) is 0 Å². The first-order valence-corrected chi connectivity index (χ1v) is 10.1. The second-order valence-electron chi connectivity index (χ2n) is 8.11. The van der Waals surface area contributed by atoms with Crippen LogP contribution >= 0.6 is 0 Å². The molecule has 7 heteroatoms. The van der Waals surface area contributed by atoms with Crippen molar-refractivity contribution in [1.29, 1.82) is 0 Å². The molecule has 0 amide bonds. The average Bonchev–Trinajstić information content (AvgIpc) is 2.51. The Morgan fingerprint density at radius 2 is 1.72 bits per heavy atom. The molecule has 136 valence electrons. The summed E-state index contributed by atoms with van der Waals surface area (Å²) in [4.78, 5) is 11.4. The summed E-state index contributed by atoms with van der Waals surface area (Å²) in [7, 11) is -4.72. The van der Waals surface area contributed by atoms with Crippen molar-refractivity contribution in [3.05, 3.63) is 29.6 Å². The second kappa shape index (κ2) is 5.77. The van der Waals surface area contributed by atoms with Gasteiger partial charge in [-0.05, 0) is 74.5 Å². The van der Waals surface area contributed by atoms with Gasteiger partial charge in [0.1, 0.15) is 10.7 Å². The molecule has 1 aromatic carbocycles. The van der Waals surface area contributed by atoms with Crippen LogP contribution in [0, 0.1) is 29.0 Å². The highest BCUT2D eigenvalue weighted by atomic mass is 32.2. The predicted molar refractivity (Wildman–Crippen MR) is 87.1 cm³/mol. The Labute approximate surface area is 146 Å². The van der Waals surface area contributed by atoms with E-state index in [0.717, 1.165) is 49.1 Å². The van der Waals surface area contributed by atoms with Crippen LogP contribution in [-0.4, -0.2) is 25.5 Å². The molecule has 1 N–H and O–H groups in total. The minimum atomic E-state index is -4.72. The number of carbonyl (C=O) groups is 1. The van der Waals surface area contributed by atoms with Crippen molar-refractivity contribution in [3.8, 4) is 0 Å². The fraction of sp³-hybridized carbons (Fsp3) is 0.611. The molecule has 0 saturated heterocycles. The summed E-state index contributed by atoms with van der Waals surface area (Å²) in [6.07, 6.45) is 7.15. The minimum Gasteiger partial charge on any atom is -0.462 e. The summed E-state index contributed by atoms with van der Waals surface area (Å²) in [5, 5.41) is 0. The Morgan fingerprint density at radius 1 is 1.16 bits per heavy atom. The summed E-state index contributed by atoms with van der Waals surface area (Å²) in [5.74, 6) is 0.437. The highest BCUT2D eigenvalue weighted by molar-refractivity contribution is 7.85. The topological polar surface area (TPSA) is 80.7 Å². The molecule has 0 unspecified atom stereocenters. The maximum Gasteiger partial charge on any atom is 0.338 e. The lowest BCUT2D eigenvalue weighted by Crippen LogP contribution is -2.48. The smallest absolute Gasteiger partial charge is 0.338 e. The molecular weight excluding hydrogens is 347 g/mol. The third-order valence-electron chi connectivity index (χ3n) is 6.12. The molecule has 0 aliphatic heterocycles. The average molecular weight is 368 g/mol. The number of halogens is 1. The molecule has 4 aliphatic carbocycles. The molecule has 5 nitrogen and oxygen atoms in total. The van der Waals surface area contributed by atoms with E-state index in [9.17, 15) is 17.6 Å². The van der Waals surface area contributed by atoms with Crippen LogP contribution in [-0.2, 0) is 14.9 Å². The molecule has 4 saturated carbocycles. The number of benzene rings is 1. The van der Waals surface area contributed by atoms with Crippen molar-refractivity contribution in [1.82, 2.24) is 0 Å². The van der Waals surface area contributed by atoms with Gasteiger partial charge in [-0.1, -0.05) is 0 Å². The molecule has 0 atom stereocenters. The van der Waals surface area contributed by atoms with E-state index < -0.39 is 26.8 Å². The molecule has 0 radical (unpaired) electrons. The van der Waals surface area contributed by atoms with E-state index >= 15 is 0 Å². The van der Waals surface area contributed by atoms with E-state index in [-0.39, 0.29) is 11.0 Å².